The molecule has 3 aromatic heterocycles. The molecule has 1 aliphatic heterocycles. The van der Waals surface area contributed by atoms with Gasteiger partial charge < -0.3 is 9.64 Å². The van der Waals surface area contributed by atoms with Gasteiger partial charge in [0.1, 0.15) is 17.0 Å². The van der Waals surface area contributed by atoms with Crippen molar-refractivity contribution in [1.82, 2.24) is 20.2 Å². The van der Waals surface area contributed by atoms with E-state index in [0.29, 0.717) is 0 Å². The van der Waals surface area contributed by atoms with Crippen molar-refractivity contribution in [2.45, 2.75) is 4.90 Å². The zero-order chi connectivity index (χ0) is 19.6. The number of rotatable bonds is 4. The van der Waals surface area contributed by atoms with E-state index in [0.717, 1.165) is 60.0 Å². The van der Waals surface area contributed by atoms with Gasteiger partial charge in [0.05, 0.1) is 18.9 Å². The molecule has 1 aromatic carbocycles. The number of anilines is 1. The van der Waals surface area contributed by atoms with E-state index in [1.165, 1.54) is 10.5 Å². The van der Waals surface area contributed by atoms with Crippen molar-refractivity contribution in [3.63, 3.8) is 0 Å². The van der Waals surface area contributed by atoms with Crippen LogP contribution in [0.4, 0.5) is 5.82 Å². The predicted molar refractivity (Wildman–Crippen MR) is 117 cm³/mol. The Labute approximate surface area is 173 Å². The second-order valence-electron chi connectivity index (χ2n) is 6.88. The molecule has 146 valence electrons. The standard InChI is InChI=1S/C22H21N5OS/c1-29-16-4-2-15(3-5-16)18-14-20(27-10-12-28-13-11-27)25-21-17(18)6-8-23-22(21)19-7-9-24-26-19/h2-9,14H,10-13H2,1H3,(H,24,26). The molecule has 1 fully saturated rings. The summed E-state index contributed by atoms with van der Waals surface area (Å²) in [5.74, 6) is 0.957. The molecular formula is C22H21N5OS. The van der Waals surface area contributed by atoms with Gasteiger partial charge in [0, 0.05) is 35.8 Å². The number of aromatic nitrogens is 4. The number of aromatic amines is 1. The molecule has 7 heteroatoms. The largest absolute Gasteiger partial charge is 0.378 e. The number of nitrogens with zero attached hydrogens (tertiary/aromatic N) is 4. The highest BCUT2D eigenvalue weighted by atomic mass is 32.2. The summed E-state index contributed by atoms with van der Waals surface area (Å²) in [6.07, 6.45) is 5.67. The highest BCUT2D eigenvalue weighted by Crippen LogP contribution is 2.35. The van der Waals surface area contributed by atoms with Crippen LogP contribution in [0.15, 0.2) is 59.8 Å². The zero-order valence-corrected chi connectivity index (χ0v) is 16.9. The third-order valence-corrected chi connectivity index (χ3v) is 5.95. The minimum atomic E-state index is 0.720. The highest BCUT2D eigenvalue weighted by molar-refractivity contribution is 7.98. The lowest BCUT2D eigenvalue weighted by Gasteiger charge is -2.28. The first-order valence-electron chi connectivity index (χ1n) is 9.60. The Morgan fingerprint density at radius 3 is 2.59 bits per heavy atom. The van der Waals surface area contributed by atoms with Crippen LogP contribution in [0.25, 0.3) is 33.4 Å². The number of hydrogen-bond acceptors (Lipinski definition) is 6. The number of H-pyrrole nitrogens is 1. The normalized spacial score (nSPS) is 14.4. The summed E-state index contributed by atoms with van der Waals surface area (Å²) >= 11 is 1.75. The lowest BCUT2D eigenvalue weighted by molar-refractivity contribution is 0.122. The Kier molecular flexibility index (Phi) is 4.91. The number of pyridine rings is 2. The molecule has 1 saturated heterocycles. The number of thioether (sulfide) groups is 1. The molecule has 4 aromatic rings. The van der Waals surface area contributed by atoms with Crippen LogP contribution >= 0.6 is 11.8 Å². The maximum atomic E-state index is 5.53. The van der Waals surface area contributed by atoms with Gasteiger partial charge in [-0.3, -0.25) is 10.1 Å². The third kappa shape index (κ3) is 3.47. The first-order chi connectivity index (χ1) is 14.3. The molecule has 0 spiro atoms. The predicted octanol–water partition coefficient (Wildman–Crippen LogP) is 4.25. The van der Waals surface area contributed by atoms with Crippen molar-refractivity contribution in [3.05, 3.63) is 54.9 Å². The molecular weight excluding hydrogens is 382 g/mol. The summed E-state index contributed by atoms with van der Waals surface area (Å²) in [6, 6.07) is 14.9. The Bertz CT molecular complexity index is 1120. The van der Waals surface area contributed by atoms with Crippen molar-refractivity contribution >= 4 is 28.5 Å². The van der Waals surface area contributed by atoms with E-state index in [-0.39, 0.29) is 0 Å². The van der Waals surface area contributed by atoms with E-state index in [1.807, 2.05) is 18.3 Å². The summed E-state index contributed by atoms with van der Waals surface area (Å²) in [6.45, 7) is 3.11. The van der Waals surface area contributed by atoms with Crippen LogP contribution in [0.5, 0.6) is 0 Å². The number of ether oxygens (including phenoxy) is 1. The highest BCUT2D eigenvalue weighted by Gasteiger charge is 2.18. The van der Waals surface area contributed by atoms with E-state index in [2.05, 4.69) is 56.7 Å². The van der Waals surface area contributed by atoms with E-state index >= 15 is 0 Å². The van der Waals surface area contributed by atoms with Crippen molar-refractivity contribution in [2.75, 3.05) is 37.5 Å². The SMILES string of the molecule is CSc1ccc(-c2cc(N3CCOCC3)nc3c(-c4ccn[nH]4)nccc23)cc1. The van der Waals surface area contributed by atoms with Crippen molar-refractivity contribution in [1.29, 1.82) is 0 Å². The van der Waals surface area contributed by atoms with E-state index in [1.54, 1.807) is 18.0 Å². The van der Waals surface area contributed by atoms with Crippen molar-refractivity contribution in [3.8, 4) is 22.5 Å². The van der Waals surface area contributed by atoms with Gasteiger partial charge in [-0.25, -0.2) is 4.98 Å². The topological polar surface area (TPSA) is 66.9 Å². The van der Waals surface area contributed by atoms with E-state index in [4.69, 9.17) is 9.72 Å². The second-order valence-corrected chi connectivity index (χ2v) is 7.76. The molecule has 0 unspecified atom stereocenters. The van der Waals surface area contributed by atoms with Gasteiger partial charge >= 0.3 is 0 Å². The Morgan fingerprint density at radius 1 is 1.03 bits per heavy atom. The van der Waals surface area contributed by atoms with Gasteiger partial charge in [-0.1, -0.05) is 12.1 Å². The molecule has 0 saturated carbocycles. The van der Waals surface area contributed by atoms with Crippen LogP contribution in [0.2, 0.25) is 0 Å². The van der Waals surface area contributed by atoms with Gasteiger partial charge in [0.15, 0.2) is 0 Å². The fourth-order valence-corrected chi connectivity index (χ4v) is 4.10. The molecule has 0 bridgehead atoms. The van der Waals surface area contributed by atoms with Gasteiger partial charge in [0.2, 0.25) is 0 Å². The monoisotopic (exact) mass is 403 g/mol. The molecule has 1 N–H and O–H groups in total. The van der Waals surface area contributed by atoms with Crippen LogP contribution in [0, 0.1) is 0 Å². The summed E-state index contributed by atoms with van der Waals surface area (Å²) < 4.78 is 5.53. The fraction of sp³-hybridized carbons (Fsp3) is 0.227. The first-order valence-corrected chi connectivity index (χ1v) is 10.8. The lowest BCUT2D eigenvalue weighted by Crippen LogP contribution is -2.36. The van der Waals surface area contributed by atoms with Crippen LogP contribution in [-0.2, 0) is 4.74 Å². The van der Waals surface area contributed by atoms with Gasteiger partial charge in [0.25, 0.3) is 0 Å². The minimum absolute atomic E-state index is 0.720. The summed E-state index contributed by atoms with van der Waals surface area (Å²) in [4.78, 5) is 13.2. The van der Waals surface area contributed by atoms with Gasteiger partial charge in [-0.05, 0) is 47.7 Å². The number of fused-ring (bicyclic) bond motifs is 1. The first kappa shape index (κ1) is 18.1. The van der Waals surface area contributed by atoms with Gasteiger partial charge in [-0.2, -0.15) is 5.10 Å². The smallest absolute Gasteiger partial charge is 0.130 e. The average Bonchev–Trinajstić information content (AvgIpc) is 3.33. The molecule has 0 atom stereocenters. The number of morpholine rings is 1. The zero-order valence-electron chi connectivity index (χ0n) is 16.1. The molecule has 0 amide bonds. The van der Waals surface area contributed by atoms with Crippen LogP contribution in [0.1, 0.15) is 0 Å². The van der Waals surface area contributed by atoms with Gasteiger partial charge in [-0.15, -0.1) is 11.8 Å². The van der Waals surface area contributed by atoms with Crippen LogP contribution < -0.4 is 4.90 Å². The molecule has 6 nitrogen and oxygen atoms in total. The third-order valence-electron chi connectivity index (χ3n) is 5.21. The molecule has 29 heavy (non-hydrogen) atoms. The Balaban J connectivity index is 1.74. The fourth-order valence-electron chi connectivity index (χ4n) is 3.69. The van der Waals surface area contributed by atoms with Crippen LogP contribution in [-0.4, -0.2) is 52.7 Å². The molecule has 0 aliphatic carbocycles. The quantitative estimate of drug-likeness (QED) is 0.514. The minimum Gasteiger partial charge on any atom is -0.378 e. The number of nitrogens with one attached hydrogen (secondary N) is 1. The molecule has 1 aliphatic rings. The van der Waals surface area contributed by atoms with Crippen molar-refractivity contribution < 1.29 is 4.74 Å². The van der Waals surface area contributed by atoms with E-state index < -0.39 is 0 Å². The number of hydrogen-bond donors (Lipinski definition) is 1. The summed E-state index contributed by atoms with van der Waals surface area (Å²) in [5.41, 5.74) is 4.89. The molecule has 5 rings (SSSR count). The maximum Gasteiger partial charge on any atom is 0.130 e. The molecule has 0 radical (unpaired) electrons. The van der Waals surface area contributed by atoms with Crippen molar-refractivity contribution in [2.24, 2.45) is 0 Å². The lowest BCUT2D eigenvalue weighted by atomic mass is 10.00. The van der Waals surface area contributed by atoms with Crippen LogP contribution in [0.3, 0.4) is 0 Å². The summed E-state index contributed by atoms with van der Waals surface area (Å²) in [7, 11) is 0. The average molecular weight is 404 g/mol. The Hall–Kier alpha value is -2.90. The number of benzene rings is 1. The van der Waals surface area contributed by atoms with E-state index in [9.17, 15) is 0 Å². The maximum absolute atomic E-state index is 5.53. The second kappa shape index (κ2) is 7.85. The molecule has 4 heterocycles. The summed E-state index contributed by atoms with van der Waals surface area (Å²) in [5, 5.41) is 8.21. The Morgan fingerprint density at radius 2 is 1.86 bits per heavy atom.